The topological polar surface area (TPSA) is 61.9 Å². The first-order valence-electron chi connectivity index (χ1n) is 12.0. The van der Waals surface area contributed by atoms with Gasteiger partial charge in [0.1, 0.15) is 0 Å². The van der Waals surface area contributed by atoms with E-state index in [1.165, 1.54) is 38.8 Å². The summed E-state index contributed by atoms with van der Waals surface area (Å²) >= 11 is 0. The third kappa shape index (κ3) is 5.29. The molecule has 0 saturated carbocycles. The van der Waals surface area contributed by atoms with Crippen molar-refractivity contribution in [3.63, 3.8) is 0 Å². The summed E-state index contributed by atoms with van der Waals surface area (Å²) in [7, 11) is 1.66. The van der Waals surface area contributed by atoms with Crippen LogP contribution in [0.1, 0.15) is 51.4 Å². The summed E-state index contributed by atoms with van der Waals surface area (Å²) in [6.45, 7) is 3.77. The molecule has 6 nitrogen and oxygen atoms in total. The second kappa shape index (κ2) is 10.6. The van der Waals surface area contributed by atoms with Crippen LogP contribution in [0.2, 0.25) is 0 Å². The third-order valence-corrected chi connectivity index (χ3v) is 7.47. The van der Waals surface area contributed by atoms with Crippen LogP contribution in [0.25, 0.3) is 0 Å². The van der Waals surface area contributed by atoms with E-state index < -0.39 is 0 Å². The molecule has 1 N–H and O–H groups in total. The molecule has 31 heavy (non-hydrogen) atoms. The summed E-state index contributed by atoms with van der Waals surface area (Å²) < 4.78 is 5.19. The second-order valence-corrected chi connectivity index (χ2v) is 9.40. The number of hydrogen-bond acceptors (Lipinski definition) is 4. The number of anilines is 1. The van der Waals surface area contributed by atoms with Crippen molar-refractivity contribution < 1.29 is 14.3 Å². The minimum absolute atomic E-state index is 0.0556. The summed E-state index contributed by atoms with van der Waals surface area (Å²) in [5.74, 6) is 1.42. The van der Waals surface area contributed by atoms with Crippen LogP contribution in [0.4, 0.5) is 5.69 Å². The zero-order chi connectivity index (χ0) is 21.6. The maximum atomic E-state index is 13.1. The largest absolute Gasteiger partial charge is 0.384 e. The molecule has 3 aliphatic heterocycles. The molecule has 4 atom stereocenters. The van der Waals surface area contributed by atoms with Crippen LogP contribution in [-0.4, -0.2) is 67.0 Å². The molecule has 0 aromatic heterocycles. The highest BCUT2D eigenvalue weighted by Crippen LogP contribution is 2.43. The van der Waals surface area contributed by atoms with Gasteiger partial charge in [-0.15, -0.1) is 0 Å². The molecule has 3 aliphatic rings. The van der Waals surface area contributed by atoms with Crippen LogP contribution in [0.5, 0.6) is 0 Å². The molecule has 6 heteroatoms. The van der Waals surface area contributed by atoms with Gasteiger partial charge in [0.05, 0.1) is 13.0 Å². The summed E-state index contributed by atoms with van der Waals surface area (Å²) in [4.78, 5) is 30.4. The molecule has 2 amide bonds. The summed E-state index contributed by atoms with van der Waals surface area (Å²) in [5, 5.41) is 2.99. The van der Waals surface area contributed by atoms with E-state index in [0.29, 0.717) is 37.3 Å². The quantitative estimate of drug-likeness (QED) is 0.689. The van der Waals surface area contributed by atoms with Crippen molar-refractivity contribution in [1.29, 1.82) is 0 Å². The summed E-state index contributed by atoms with van der Waals surface area (Å²) in [5.41, 5.74) is 0.842. The highest BCUT2D eigenvalue weighted by Gasteiger charge is 2.49. The number of ether oxygens (including phenoxy) is 1. The van der Waals surface area contributed by atoms with E-state index in [9.17, 15) is 9.59 Å². The Hall–Kier alpha value is -1.92. The first-order chi connectivity index (χ1) is 15.2. The highest BCUT2D eigenvalue weighted by atomic mass is 16.5. The first kappa shape index (κ1) is 22.3. The number of rotatable bonds is 8. The lowest BCUT2D eigenvalue weighted by Gasteiger charge is -2.57. The molecule has 1 aromatic carbocycles. The number of para-hydroxylation sites is 1. The van der Waals surface area contributed by atoms with Crippen molar-refractivity contribution in [2.75, 3.05) is 38.7 Å². The number of methoxy groups -OCH3 is 1. The van der Waals surface area contributed by atoms with Gasteiger partial charge in [0, 0.05) is 37.8 Å². The maximum absolute atomic E-state index is 13.1. The van der Waals surface area contributed by atoms with Crippen molar-refractivity contribution in [3.8, 4) is 0 Å². The standard InChI is InChI=1S/C25H37N3O3/c1-31-17-14-24(30)28-18-19-8-6-15-27-16-7-11-21(25(19)27)22(28)12-5-13-23(29)26-20-9-3-2-4-10-20/h2-4,9-10,19,21-22,25H,5-8,11-18H2,1H3,(H,26,29)/t19-,21+,22+,25-/m0/s1. The van der Waals surface area contributed by atoms with Gasteiger partial charge in [0.15, 0.2) is 0 Å². The molecule has 3 heterocycles. The van der Waals surface area contributed by atoms with Gasteiger partial charge < -0.3 is 15.0 Å². The lowest BCUT2D eigenvalue weighted by Crippen LogP contribution is -2.65. The number of hydrogen-bond donors (Lipinski definition) is 1. The molecule has 0 unspecified atom stereocenters. The van der Waals surface area contributed by atoms with Crippen LogP contribution in [-0.2, 0) is 14.3 Å². The molecule has 3 fully saturated rings. The number of likely N-dealkylation sites (tertiary alicyclic amines) is 1. The number of carbonyl (C=O) groups excluding carboxylic acids is 2. The third-order valence-electron chi connectivity index (χ3n) is 7.47. The maximum Gasteiger partial charge on any atom is 0.225 e. The number of nitrogens with zero attached hydrogens (tertiary/aromatic N) is 2. The number of carbonyl (C=O) groups is 2. The van der Waals surface area contributed by atoms with Crippen molar-refractivity contribution in [3.05, 3.63) is 30.3 Å². The van der Waals surface area contributed by atoms with Crippen molar-refractivity contribution in [2.45, 2.75) is 63.5 Å². The van der Waals surface area contributed by atoms with E-state index in [1.54, 1.807) is 7.11 Å². The fourth-order valence-corrected chi connectivity index (χ4v) is 6.20. The molecular weight excluding hydrogens is 390 g/mol. The van der Waals surface area contributed by atoms with Gasteiger partial charge in [-0.3, -0.25) is 14.5 Å². The van der Waals surface area contributed by atoms with Crippen molar-refractivity contribution >= 4 is 17.5 Å². The van der Waals surface area contributed by atoms with Crippen LogP contribution in [0.15, 0.2) is 30.3 Å². The van der Waals surface area contributed by atoms with E-state index in [4.69, 9.17) is 4.74 Å². The number of piperidine rings is 3. The molecular formula is C25H37N3O3. The van der Waals surface area contributed by atoms with E-state index in [2.05, 4.69) is 15.1 Å². The van der Waals surface area contributed by atoms with E-state index in [1.807, 2.05) is 30.3 Å². The fraction of sp³-hybridized carbons (Fsp3) is 0.680. The Kier molecular flexibility index (Phi) is 7.62. The summed E-state index contributed by atoms with van der Waals surface area (Å²) in [6, 6.07) is 10.5. The monoisotopic (exact) mass is 427 g/mol. The molecule has 4 rings (SSSR count). The van der Waals surface area contributed by atoms with Gasteiger partial charge in [0.25, 0.3) is 0 Å². The minimum atomic E-state index is 0.0556. The van der Waals surface area contributed by atoms with Crippen molar-refractivity contribution in [1.82, 2.24) is 9.80 Å². The Balaban J connectivity index is 1.41. The van der Waals surface area contributed by atoms with Gasteiger partial charge in [0.2, 0.25) is 11.8 Å². The van der Waals surface area contributed by atoms with Gasteiger partial charge >= 0.3 is 0 Å². The zero-order valence-electron chi connectivity index (χ0n) is 18.8. The van der Waals surface area contributed by atoms with Crippen LogP contribution >= 0.6 is 0 Å². The van der Waals surface area contributed by atoms with Crippen LogP contribution in [0.3, 0.4) is 0 Å². The molecule has 170 valence electrons. The SMILES string of the molecule is COCCC(=O)N1C[C@@H]2CCCN3CCC[C@@H]([C@H]23)[C@H]1CCCC(=O)Nc1ccccc1. The van der Waals surface area contributed by atoms with E-state index in [-0.39, 0.29) is 17.9 Å². The normalized spacial score (nSPS) is 28.1. The Labute approximate surface area is 186 Å². The molecule has 3 saturated heterocycles. The average Bonchev–Trinajstić information content (AvgIpc) is 2.79. The highest BCUT2D eigenvalue weighted by molar-refractivity contribution is 5.90. The smallest absolute Gasteiger partial charge is 0.225 e. The zero-order valence-corrected chi connectivity index (χ0v) is 18.8. The Morgan fingerprint density at radius 2 is 1.87 bits per heavy atom. The summed E-state index contributed by atoms with van der Waals surface area (Å²) in [6.07, 6.45) is 7.57. The van der Waals surface area contributed by atoms with Crippen LogP contribution in [0, 0.1) is 11.8 Å². The Morgan fingerprint density at radius 3 is 2.65 bits per heavy atom. The van der Waals surface area contributed by atoms with Crippen LogP contribution < -0.4 is 5.32 Å². The molecule has 1 aromatic rings. The van der Waals surface area contributed by atoms with E-state index in [0.717, 1.165) is 25.1 Å². The van der Waals surface area contributed by atoms with Gasteiger partial charge in [-0.25, -0.2) is 0 Å². The first-order valence-corrected chi connectivity index (χ1v) is 12.0. The Bertz CT molecular complexity index is 739. The van der Waals surface area contributed by atoms with Crippen molar-refractivity contribution in [2.24, 2.45) is 11.8 Å². The number of amides is 2. The average molecular weight is 428 g/mol. The molecule has 0 spiro atoms. The second-order valence-electron chi connectivity index (χ2n) is 9.40. The van der Waals surface area contributed by atoms with Gasteiger partial charge in [-0.1, -0.05) is 18.2 Å². The van der Waals surface area contributed by atoms with Gasteiger partial charge in [-0.2, -0.15) is 0 Å². The number of benzene rings is 1. The lowest BCUT2D eigenvalue weighted by molar-refractivity contribution is -0.147. The molecule has 0 bridgehead atoms. The predicted molar refractivity (Wildman–Crippen MR) is 122 cm³/mol. The number of nitrogens with one attached hydrogen (secondary N) is 1. The molecule has 0 radical (unpaired) electrons. The predicted octanol–water partition coefficient (Wildman–Crippen LogP) is 3.53. The minimum Gasteiger partial charge on any atom is -0.384 e. The Morgan fingerprint density at radius 1 is 1.10 bits per heavy atom. The van der Waals surface area contributed by atoms with E-state index >= 15 is 0 Å². The fourth-order valence-electron chi connectivity index (χ4n) is 6.20. The lowest BCUT2D eigenvalue weighted by atomic mass is 9.69. The molecule has 0 aliphatic carbocycles. The van der Waals surface area contributed by atoms with Gasteiger partial charge in [-0.05, 0) is 75.6 Å².